The van der Waals surface area contributed by atoms with Gasteiger partial charge in [-0.15, -0.1) is 0 Å². The van der Waals surface area contributed by atoms with Crippen molar-refractivity contribution in [3.8, 4) is 0 Å². The molecule has 0 aliphatic heterocycles. The minimum Gasteiger partial charge on any atom is -0.361 e. The van der Waals surface area contributed by atoms with Crippen LogP contribution in [0.25, 0.3) is 10.9 Å². The van der Waals surface area contributed by atoms with Gasteiger partial charge in [-0.1, -0.05) is 67.1 Å². The number of H-pyrrole nitrogens is 1. The first-order valence-corrected chi connectivity index (χ1v) is 11.4. The lowest BCUT2D eigenvalue weighted by Crippen LogP contribution is -2.42. The molecule has 0 bridgehead atoms. The number of aromatic amines is 1. The van der Waals surface area contributed by atoms with E-state index in [2.05, 4.69) is 45.7 Å². The van der Waals surface area contributed by atoms with E-state index in [0.717, 1.165) is 22.9 Å². The van der Waals surface area contributed by atoms with Crippen molar-refractivity contribution in [1.82, 2.24) is 9.88 Å². The van der Waals surface area contributed by atoms with Crippen molar-refractivity contribution in [1.29, 1.82) is 0 Å². The molecule has 2 N–H and O–H groups in total. The van der Waals surface area contributed by atoms with Gasteiger partial charge in [0.05, 0.1) is 0 Å². The Kier molecular flexibility index (Phi) is 6.63. The van der Waals surface area contributed by atoms with Gasteiger partial charge in [-0.2, -0.15) is 0 Å². The van der Waals surface area contributed by atoms with Crippen molar-refractivity contribution in [2.75, 3.05) is 5.32 Å². The molecule has 1 aromatic heterocycles. The molecule has 0 amide bonds. The summed E-state index contributed by atoms with van der Waals surface area (Å²) >= 11 is 18.2. The van der Waals surface area contributed by atoms with Crippen LogP contribution in [0, 0.1) is 0 Å². The zero-order chi connectivity index (χ0) is 20.2. The van der Waals surface area contributed by atoms with Crippen LogP contribution in [0.1, 0.15) is 44.1 Å². The smallest absolute Gasteiger partial charge is 0.173 e. The largest absolute Gasteiger partial charge is 0.361 e. The normalized spacial score (nSPS) is 15.2. The predicted molar refractivity (Wildman–Crippen MR) is 128 cm³/mol. The summed E-state index contributed by atoms with van der Waals surface area (Å²) in [5.74, 6) is 0. The van der Waals surface area contributed by atoms with Gasteiger partial charge < -0.3 is 15.2 Å². The molecule has 4 rings (SSSR count). The number of para-hydroxylation sites is 1. The molecule has 1 aliphatic carbocycles. The summed E-state index contributed by atoms with van der Waals surface area (Å²) in [6.45, 7) is 0.773. The number of thiocarbonyl (C=S) groups is 1. The Hall–Kier alpha value is -1.75. The quantitative estimate of drug-likeness (QED) is 0.323. The summed E-state index contributed by atoms with van der Waals surface area (Å²) in [5.41, 5.74) is 3.24. The van der Waals surface area contributed by atoms with Crippen LogP contribution >= 0.6 is 35.4 Å². The minimum atomic E-state index is 0.431. The molecule has 29 heavy (non-hydrogen) atoms. The van der Waals surface area contributed by atoms with Crippen LogP contribution in [0.2, 0.25) is 10.0 Å². The number of aromatic nitrogens is 1. The second kappa shape index (κ2) is 9.38. The van der Waals surface area contributed by atoms with Gasteiger partial charge in [-0.3, -0.25) is 0 Å². The van der Waals surface area contributed by atoms with Gasteiger partial charge in [0.2, 0.25) is 0 Å². The van der Waals surface area contributed by atoms with Crippen LogP contribution in [0.15, 0.2) is 48.7 Å². The zero-order valence-corrected chi connectivity index (χ0v) is 18.6. The average Bonchev–Trinajstić information content (AvgIpc) is 2.90. The van der Waals surface area contributed by atoms with E-state index >= 15 is 0 Å². The maximum Gasteiger partial charge on any atom is 0.173 e. The van der Waals surface area contributed by atoms with Gasteiger partial charge in [-0.05, 0) is 54.9 Å². The van der Waals surface area contributed by atoms with E-state index < -0.39 is 0 Å². The number of hydrogen-bond acceptors (Lipinski definition) is 1. The second-order valence-corrected chi connectivity index (χ2v) is 8.98. The molecule has 0 unspecified atom stereocenters. The lowest BCUT2D eigenvalue weighted by Gasteiger charge is -2.34. The summed E-state index contributed by atoms with van der Waals surface area (Å²) in [4.78, 5) is 5.74. The van der Waals surface area contributed by atoms with E-state index in [1.54, 1.807) is 6.07 Å². The highest BCUT2D eigenvalue weighted by Crippen LogP contribution is 2.28. The molecule has 0 saturated heterocycles. The van der Waals surface area contributed by atoms with Gasteiger partial charge >= 0.3 is 0 Å². The van der Waals surface area contributed by atoms with Crippen molar-refractivity contribution in [2.24, 2.45) is 0 Å². The molecule has 1 saturated carbocycles. The molecule has 0 radical (unpaired) electrons. The van der Waals surface area contributed by atoms with E-state index in [1.807, 2.05) is 12.1 Å². The maximum atomic E-state index is 6.18. The third kappa shape index (κ3) is 5.06. The van der Waals surface area contributed by atoms with E-state index in [9.17, 15) is 0 Å². The monoisotopic (exact) mass is 445 g/mol. The Morgan fingerprint density at radius 2 is 1.72 bits per heavy atom. The molecule has 1 aliphatic rings. The number of hydrogen-bond donors (Lipinski definition) is 2. The van der Waals surface area contributed by atoms with Gasteiger partial charge in [0, 0.05) is 45.4 Å². The Labute approximate surface area is 187 Å². The van der Waals surface area contributed by atoms with Crippen LogP contribution in [-0.4, -0.2) is 21.0 Å². The van der Waals surface area contributed by atoms with E-state index in [4.69, 9.17) is 35.4 Å². The summed E-state index contributed by atoms with van der Waals surface area (Å²) in [6, 6.07) is 14.3. The Balaban J connectivity index is 1.61. The Morgan fingerprint density at radius 1 is 1.03 bits per heavy atom. The maximum absolute atomic E-state index is 6.18. The molecule has 3 nitrogen and oxygen atoms in total. The van der Waals surface area contributed by atoms with Crippen molar-refractivity contribution in [2.45, 2.75) is 51.1 Å². The standard InChI is InChI=1S/C23H25Cl2N3S/c24-17-11-18(25)13-19(12-17)27-23(29)28(20-7-3-1-2-4-8-20)15-16-14-26-22-10-6-5-9-21(16)22/h5-6,9-14,20,26H,1-4,7-8,15H2,(H,27,29). The highest BCUT2D eigenvalue weighted by atomic mass is 35.5. The highest BCUT2D eigenvalue weighted by molar-refractivity contribution is 7.80. The van der Waals surface area contributed by atoms with E-state index in [1.165, 1.54) is 49.5 Å². The molecule has 1 heterocycles. The number of nitrogens with one attached hydrogen (secondary N) is 2. The Bertz CT molecular complexity index is 972. The second-order valence-electron chi connectivity index (χ2n) is 7.72. The topological polar surface area (TPSA) is 31.1 Å². The van der Waals surface area contributed by atoms with Crippen LogP contribution in [0.4, 0.5) is 5.69 Å². The first kappa shape index (κ1) is 20.5. The van der Waals surface area contributed by atoms with Crippen molar-refractivity contribution in [3.05, 3.63) is 64.3 Å². The number of nitrogens with zero attached hydrogens (tertiary/aromatic N) is 1. The molecule has 0 spiro atoms. The molecular weight excluding hydrogens is 421 g/mol. The van der Waals surface area contributed by atoms with E-state index in [-0.39, 0.29) is 0 Å². The summed E-state index contributed by atoms with van der Waals surface area (Å²) in [7, 11) is 0. The van der Waals surface area contributed by atoms with Gasteiger partial charge in [0.1, 0.15) is 0 Å². The molecule has 0 atom stereocenters. The van der Waals surface area contributed by atoms with Crippen molar-refractivity contribution in [3.63, 3.8) is 0 Å². The number of halogens is 2. The van der Waals surface area contributed by atoms with Crippen LogP contribution < -0.4 is 5.32 Å². The number of fused-ring (bicyclic) bond motifs is 1. The molecule has 2 aromatic carbocycles. The summed E-state index contributed by atoms with van der Waals surface area (Å²) in [5, 5.41) is 6.55. The summed E-state index contributed by atoms with van der Waals surface area (Å²) in [6.07, 6.45) is 9.55. The summed E-state index contributed by atoms with van der Waals surface area (Å²) < 4.78 is 0. The van der Waals surface area contributed by atoms with Crippen LogP contribution in [0.3, 0.4) is 0 Å². The van der Waals surface area contributed by atoms with Crippen LogP contribution in [0.5, 0.6) is 0 Å². The minimum absolute atomic E-state index is 0.431. The van der Waals surface area contributed by atoms with E-state index in [0.29, 0.717) is 16.1 Å². The highest BCUT2D eigenvalue weighted by Gasteiger charge is 2.24. The predicted octanol–water partition coefficient (Wildman–Crippen LogP) is 7.40. The van der Waals surface area contributed by atoms with Crippen molar-refractivity contribution < 1.29 is 0 Å². The fraction of sp³-hybridized carbons (Fsp3) is 0.348. The van der Waals surface area contributed by atoms with Gasteiger partial charge in [0.25, 0.3) is 0 Å². The number of rotatable bonds is 4. The lowest BCUT2D eigenvalue weighted by molar-refractivity contribution is 0.281. The molecule has 6 heteroatoms. The third-order valence-electron chi connectivity index (χ3n) is 5.66. The zero-order valence-electron chi connectivity index (χ0n) is 16.3. The molecular formula is C23H25Cl2N3S. The Morgan fingerprint density at radius 3 is 2.45 bits per heavy atom. The fourth-order valence-electron chi connectivity index (χ4n) is 4.20. The third-order valence-corrected chi connectivity index (χ3v) is 6.43. The van der Waals surface area contributed by atoms with Crippen LogP contribution in [-0.2, 0) is 6.54 Å². The van der Waals surface area contributed by atoms with Crippen molar-refractivity contribution >= 4 is 57.1 Å². The van der Waals surface area contributed by atoms with Gasteiger partial charge in [-0.25, -0.2) is 0 Å². The first-order valence-electron chi connectivity index (χ1n) is 10.2. The molecule has 152 valence electrons. The first-order chi connectivity index (χ1) is 14.1. The fourth-order valence-corrected chi connectivity index (χ4v) is 5.06. The van der Waals surface area contributed by atoms with Gasteiger partial charge in [0.15, 0.2) is 5.11 Å². The number of benzene rings is 2. The average molecular weight is 446 g/mol. The lowest BCUT2D eigenvalue weighted by atomic mass is 10.1. The molecule has 3 aromatic rings. The number of anilines is 1. The SMILES string of the molecule is S=C(Nc1cc(Cl)cc(Cl)c1)N(Cc1c[nH]c2ccccc12)C1CCCCCC1. The molecule has 1 fully saturated rings.